The summed E-state index contributed by atoms with van der Waals surface area (Å²) in [5, 5.41) is 1.07. The van der Waals surface area contributed by atoms with Gasteiger partial charge in [0.25, 0.3) is 0 Å². The van der Waals surface area contributed by atoms with E-state index >= 15 is 0 Å². The van der Waals surface area contributed by atoms with E-state index in [1.807, 2.05) is 0 Å². The van der Waals surface area contributed by atoms with Gasteiger partial charge in [0, 0.05) is 11.6 Å². The van der Waals surface area contributed by atoms with E-state index in [0.717, 1.165) is 10.9 Å². The molecular weight excluding hydrogens is 208 g/mol. The van der Waals surface area contributed by atoms with E-state index in [4.69, 9.17) is 0 Å². The molecule has 0 aliphatic rings. The van der Waals surface area contributed by atoms with Crippen molar-refractivity contribution >= 4 is 21.8 Å². The van der Waals surface area contributed by atoms with Gasteiger partial charge >= 0.3 is 11.4 Å². The highest BCUT2D eigenvalue weighted by atomic mass is 16.4. The molecule has 5 nitrogen and oxygen atoms in total. The minimum Gasteiger partial charge on any atom is -0.372 e. The molecule has 3 rings (SSSR count). The topological polar surface area (TPSA) is 76.0 Å². The lowest BCUT2D eigenvalue weighted by Crippen LogP contribution is -2.14. The molecule has 2 heterocycles. The number of nitrogens with one attached hydrogen (secondary N) is 1. The Bertz CT molecular complexity index is 801. The molecule has 2 aromatic heterocycles. The Morgan fingerprint density at radius 3 is 2.88 bits per heavy atom. The maximum atomic E-state index is 11.4. The molecule has 1 aromatic carbocycles. The summed E-state index contributed by atoms with van der Waals surface area (Å²) in [4.78, 5) is 29.2. The number of aromatic amines is 1. The molecule has 0 amide bonds. The first-order chi connectivity index (χ1) is 7.75. The van der Waals surface area contributed by atoms with Crippen molar-refractivity contribution in [2.75, 3.05) is 0 Å². The first-order valence-corrected chi connectivity index (χ1v) is 4.66. The zero-order valence-corrected chi connectivity index (χ0v) is 8.06. The van der Waals surface area contributed by atoms with E-state index in [9.17, 15) is 9.59 Å². The van der Waals surface area contributed by atoms with Crippen LogP contribution in [0.3, 0.4) is 0 Å². The van der Waals surface area contributed by atoms with Gasteiger partial charge in [-0.05, 0) is 24.3 Å². The van der Waals surface area contributed by atoms with Crippen LogP contribution in [0.2, 0.25) is 0 Å². The summed E-state index contributed by atoms with van der Waals surface area (Å²) >= 11 is 0. The summed E-state index contributed by atoms with van der Waals surface area (Å²) in [6, 6.07) is 6.84. The number of benzene rings is 1. The second kappa shape index (κ2) is 3.03. The molecule has 0 aliphatic heterocycles. The van der Waals surface area contributed by atoms with Gasteiger partial charge in [-0.1, -0.05) is 0 Å². The Morgan fingerprint density at radius 1 is 1.12 bits per heavy atom. The van der Waals surface area contributed by atoms with E-state index in [1.165, 1.54) is 0 Å². The molecule has 0 saturated heterocycles. The Labute approximate surface area is 88.4 Å². The quantitative estimate of drug-likeness (QED) is 0.567. The fraction of sp³-hybridized carbons (Fsp3) is 0. The van der Waals surface area contributed by atoms with E-state index in [-0.39, 0.29) is 0 Å². The van der Waals surface area contributed by atoms with E-state index in [2.05, 4.69) is 14.4 Å². The fourth-order valence-electron chi connectivity index (χ4n) is 1.72. The minimum absolute atomic E-state index is 0.347. The van der Waals surface area contributed by atoms with Gasteiger partial charge in [-0.15, -0.1) is 0 Å². The highest BCUT2D eigenvalue weighted by molar-refractivity contribution is 6.02. The van der Waals surface area contributed by atoms with Crippen LogP contribution in [0.4, 0.5) is 0 Å². The smallest absolute Gasteiger partial charge is 0.372 e. The minimum atomic E-state index is -0.756. The van der Waals surface area contributed by atoms with Gasteiger partial charge in [-0.3, -0.25) is 9.97 Å². The fourth-order valence-corrected chi connectivity index (χ4v) is 1.72. The number of hydrogen-bond donors (Lipinski definition) is 1. The van der Waals surface area contributed by atoms with Crippen molar-refractivity contribution in [2.24, 2.45) is 0 Å². The number of H-pyrrole nitrogens is 1. The molecule has 0 radical (unpaired) electrons. The number of rotatable bonds is 0. The normalized spacial score (nSPS) is 11.0. The van der Waals surface area contributed by atoms with E-state index in [0.29, 0.717) is 10.9 Å². The van der Waals surface area contributed by atoms with Gasteiger partial charge in [0.05, 0.1) is 16.4 Å². The van der Waals surface area contributed by atoms with Gasteiger partial charge in [-0.25, -0.2) is 9.59 Å². The summed E-state index contributed by atoms with van der Waals surface area (Å²) < 4.78 is 4.45. The first-order valence-electron chi connectivity index (χ1n) is 4.66. The monoisotopic (exact) mass is 214 g/mol. The molecule has 3 aromatic rings. The summed E-state index contributed by atoms with van der Waals surface area (Å²) in [5.41, 5.74) is 0.549. The maximum Gasteiger partial charge on any atom is 0.419 e. The highest BCUT2D eigenvalue weighted by Gasteiger charge is 2.06. The molecule has 1 N–H and O–H groups in total. The van der Waals surface area contributed by atoms with Crippen molar-refractivity contribution in [2.45, 2.75) is 0 Å². The second-order valence-corrected chi connectivity index (χ2v) is 3.36. The molecule has 0 atom stereocenters. The molecule has 0 aliphatic carbocycles. The Morgan fingerprint density at radius 2 is 2.00 bits per heavy atom. The van der Waals surface area contributed by atoms with Crippen LogP contribution in [-0.2, 0) is 0 Å². The molecule has 0 unspecified atom stereocenters. The summed E-state index contributed by atoms with van der Waals surface area (Å²) in [5.74, 6) is -0.756. The van der Waals surface area contributed by atoms with Gasteiger partial charge in [0.15, 0.2) is 0 Å². The molecule has 0 bridgehead atoms. The third kappa shape index (κ3) is 1.15. The lowest BCUT2D eigenvalue weighted by Gasteiger charge is -2.00. The molecular formula is C11H6N2O3. The highest BCUT2D eigenvalue weighted by Crippen LogP contribution is 2.18. The van der Waals surface area contributed by atoms with E-state index < -0.39 is 11.4 Å². The number of fused-ring (bicyclic) bond motifs is 3. The zero-order chi connectivity index (χ0) is 11.1. The van der Waals surface area contributed by atoms with Crippen molar-refractivity contribution in [1.82, 2.24) is 9.97 Å². The predicted molar refractivity (Wildman–Crippen MR) is 58.4 cm³/mol. The largest absolute Gasteiger partial charge is 0.419 e. The van der Waals surface area contributed by atoms with Crippen LogP contribution in [0, 0.1) is 0 Å². The molecule has 0 saturated carbocycles. The van der Waals surface area contributed by atoms with Crippen LogP contribution in [-0.4, -0.2) is 9.97 Å². The summed E-state index contributed by atoms with van der Waals surface area (Å²) in [7, 11) is 0. The van der Waals surface area contributed by atoms with Crippen molar-refractivity contribution in [3.8, 4) is 0 Å². The van der Waals surface area contributed by atoms with Crippen LogP contribution in [0.5, 0.6) is 0 Å². The third-order valence-electron chi connectivity index (χ3n) is 2.42. The van der Waals surface area contributed by atoms with E-state index in [1.54, 1.807) is 30.5 Å². The van der Waals surface area contributed by atoms with Gasteiger partial charge in [0.1, 0.15) is 0 Å². The molecule has 5 heteroatoms. The first kappa shape index (κ1) is 8.84. The van der Waals surface area contributed by atoms with Crippen molar-refractivity contribution in [3.05, 3.63) is 51.4 Å². The van der Waals surface area contributed by atoms with Gasteiger partial charge < -0.3 is 4.42 Å². The number of pyridine rings is 1. The molecule has 0 spiro atoms. The standard InChI is InChI=1S/C11H6N2O3/c14-10-7-3-4-8-6(2-1-5-12-8)9(7)13-11(15)16-10/h1-5H,(H,13,15). The van der Waals surface area contributed by atoms with Crippen LogP contribution < -0.4 is 11.4 Å². The van der Waals surface area contributed by atoms with Crippen LogP contribution >= 0.6 is 0 Å². The Hall–Kier alpha value is -2.43. The molecule has 16 heavy (non-hydrogen) atoms. The lowest BCUT2D eigenvalue weighted by molar-refractivity contribution is 0.460. The molecule has 0 fully saturated rings. The average Bonchev–Trinajstić information content (AvgIpc) is 2.28. The molecule has 78 valence electrons. The lowest BCUT2D eigenvalue weighted by atomic mass is 10.1. The van der Waals surface area contributed by atoms with Gasteiger partial charge in [0.2, 0.25) is 0 Å². The van der Waals surface area contributed by atoms with Gasteiger partial charge in [-0.2, -0.15) is 0 Å². The Balaban J connectivity index is 2.70. The van der Waals surface area contributed by atoms with Crippen LogP contribution in [0.25, 0.3) is 21.8 Å². The van der Waals surface area contributed by atoms with Crippen molar-refractivity contribution in [3.63, 3.8) is 0 Å². The summed E-state index contributed by atoms with van der Waals surface area (Å²) in [6.07, 6.45) is 1.65. The SMILES string of the molecule is O=c1[nH]c2c(ccc3ncccc32)c(=O)o1. The van der Waals surface area contributed by atoms with Crippen LogP contribution in [0.15, 0.2) is 44.5 Å². The maximum absolute atomic E-state index is 11.4. The summed E-state index contributed by atoms with van der Waals surface area (Å²) in [6.45, 7) is 0. The average molecular weight is 214 g/mol. The van der Waals surface area contributed by atoms with Crippen LogP contribution in [0.1, 0.15) is 0 Å². The zero-order valence-electron chi connectivity index (χ0n) is 8.06. The number of hydrogen-bond acceptors (Lipinski definition) is 4. The Kier molecular flexibility index (Phi) is 1.67. The number of aromatic nitrogens is 2. The second-order valence-electron chi connectivity index (χ2n) is 3.36. The number of nitrogens with zero attached hydrogens (tertiary/aromatic N) is 1. The third-order valence-corrected chi connectivity index (χ3v) is 2.42. The predicted octanol–water partition coefficient (Wildman–Crippen LogP) is 1.03. The van der Waals surface area contributed by atoms with Crippen molar-refractivity contribution < 1.29 is 4.42 Å². The van der Waals surface area contributed by atoms with Crippen molar-refractivity contribution in [1.29, 1.82) is 0 Å².